The zero-order valence-corrected chi connectivity index (χ0v) is 11.9. The molecule has 1 fully saturated rings. The molecule has 1 aromatic carbocycles. The number of hydrogen-bond acceptors (Lipinski definition) is 3. The zero-order chi connectivity index (χ0) is 13.7. The highest BCUT2D eigenvalue weighted by Gasteiger charge is 2.26. The third kappa shape index (κ3) is 3.80. The van der Waals surface area contributed by atoms with Gasteiger partial charge in [-0.2, -0.15) is 0 Å². The molecular formula is C16H23NO2. The molecule has 1 saturated heterocycles. The first kappa shape index (κ1) is 14.1. The van der Waals surface area contributed by atoms with E-state index >= 15 is 0 Å². The summed E-state index contributed by atoms with van der Waals surface area (Å²) >= 11 is 0. The van der Waals surface area contributed by atoms with Crippen LogP contribution in [-0.4, -0.2) is 25.5 Å². The highest BCUT2D eigenvalue weighted by molar-refractivity contribution is 5.96. The number of nitrogens with one attached hydrogen (secondary N) is 1. The molecule has 104 valence electrons. The second-order valence-electron chi connectivity index (χ2n) is 5.63. The van der Waals surface area contributed by atoms with Gasteiger partial charge in [-0.05, 0) is 42.5 Å². The number of benzene rings is 1. The van der Waals surface area contributed by atoms with Gasteiger partial charge in [0.25, 0.3) is 0 Å². The van der Waals surface area contributed by atoms with Gasteiger partial charge >= 0.3 is 0 Å². The van der Waals surface area contributed by atoms with Crippen molar-refractivity contribution >= 4 is 11.5 Å². The summed E-state index contributed by atoms with van der Waals surface area (Å²) in [5, 5.41) is 3.47. The number of anilines is 1. The smallest absolute Gasteiger partial charge is 0.162 e. The van der Waals surface area contributed by atoms with Gasteiger partial charge in [0, 0.05) is 37.4 Å². The molecule has 1 N–H and O–H groups in total. The number of hydrogen-bond donors (Lipinski definition) is 1. The summed E-state index contributed by atoms with van der Waals surface area (Å²) in [4.78, 5) is 11.5. The van der Waals surface area contributed by atoms with Crippen LogP contribution in [-0.2, 0) is 4.74 Å². The van der Waals surface area contributed by atoms with E-state index in [2.05, 4.69) is 12.2 Å². The van der Waals surface area contributed by atoms with Gasteiger partial charge in [0.15, 0.2) is 5.78 Å². The number of carbonyl (C=O) groups excluding carboxylic acids is 1. The first-order valence-corrected chi connectivity index (χ1v) is 7.08. The fourth-order valence-electron chi connectivity index (χ4n) is 2.33. The second-order valence-corrected chi connectivity index (χ2v) is 5.63. The Kier molecular flexibility index (Phi) is 4.59. The van der Waals surface area contributed by atoms with Crippen LogP contribution in [0.3, 0.4) is 0 Å². The lowest BCUT2D eigenvalue weighted by Crippen LogP contribution is -2.33. The van der Waals surface area contributed by atoms with Crippen molar-refractivity contribution in [3.05, 3.63) is 29.8 Å². The molecule has 0 bridgehead atoms. The molecule has 3 nitrogen and oxygen atoms in total. The number of rotatable bonds is 5. The molecule has 1 aliphatic rings. The van der Waals surface area contributed by atoms with E-state index in [4.69, 9.17) is 4.74 Å². The lowest BCUT2D eigenvalue weighted by atomic mass is 9.82. The minimum atomic E-state index is 0.197. The molecule has 0 radical (unpaired) electrons. The van der Waals surface area contributed by atoms with Crippen molar-refractivity contribution in [1.82, 2.24) is 0 Å². The number of ether oxygens (including phenoxy) is 1. The van der Waals surface area contributed by atoms with E-state index in [0.29, 0.717) is 11.8 Å². The number of Topliss-reactive ketones (excluding diaryl/α,β-unsaturated/α-hetero) is 1. The van der Waals surface area contributed by atoms with Crippen molar-refractivity contribution in [2.24, 2.45) is 5.41 Å². The highest BCUT2D eigenvalue weighted by atomic mass is 16.5. The Balaban J connectivity index is 1.91. The van der Waals surface area contributed by atoms with Crippen LogP contribution in [0.25, 0.3) is 0 Å². The number of carbonyl (C=O) groups is 1. The zero-order valence-electron chi connectivity index (χ0n) is 11.9. The molecule has 3 heteroatoms. The van der Waals surface area contributed by atoms with E-state index in [0.717, 1.165) is 43.9 Å². The normalized spacial score (nSPS) is 18.0. The predicted octanol–water partition coefficient (Wildman–Crippen LogP) is 3.51. The average molecular weight is 261 g/mol. The van der Waals surface area contributed by atoms with Crippen LogP contribution in [0.4, 0.5) is 5.69 Å². The van der Waals surface area contributed by atoms with E-state index in [1.54, 1.807) is 0 Å². The fraction of sp³-hybridized carbons (Fsp3) is 0.562. The summed E-state index contributed by atoms with van der Waals surface area (Å²) in [6, 6.07) is 7.79. The molecule has 0 atom stereocenters. The van der Waals surface area contributed by atoms with E-state index < -0.39 is 0 Å². The minimum Gasteiger partial charge on any atom is -0.384 e. The summed E-state index contributed by atoms with van der Waals surface area (Å²) in [6.07, 6.45) is 2.77. The maximum absolute atomic E-state index is 11.5. The Morgan fingerprint density at radius 1 is 1.26 bits per heavy atom. The van der Waals surface area contributed by atoms with Gasteiger partial charge in [-0.3, -0.25) is 4.79 Å². The van der Waals surface area contributed by atoms with Gasteiger partial charge in [-0.1, -0.05) is 13.8 Å². The monoisotopic (exact) mass is 261 g/mol. The SMILES string of the molecule is CCC(=O)c1ccc(NCC2(C)CCOCC2)cc1. The molecular weight excluding hydrogens is 238 g/mol. The fourth-order valence-corrected chi connectivity index (χ4v) is 2.33. The summed E-state index contributed by atoms with van der Waals surface area (Å²) in [5.41, 5.74) is 2.20. The third-order valence-electron chi connectivity index (χ3n) is 3.95. The van der Waals surface area contributed by atoms with Crippen molar-refractivity contribution < 1.29 is 9.53 Å². The standard InChI is InChI=1S/C16H23NO2/c1-3-15(18)13-4-6-14(7-5-13)17-12-16(2)8-10-19-11-9-16/h4-7,17H,3,8-12H2,1-2H3. The molecule has 1 aliphatic heterocycles. The molecule has 0 saturated carbocycles. The van der Waals surface area contributed by atoms with Gasteiger partial charge in [0.05, 0.1) is 0 Å². The summed E-state index contributed by atoms with van der Waals surface area (Å²) < 4.78 is 5.41. The third-order valence-corrected chi connectivity index (χ3v) is 3.95. The molecule has 0 unspecified atom stereocenters. The molecule has 2 rings (SSSR count). The van der Waals surface area contributed by atoms with E-state index in [1.807, 2.05) is 31.2 Å². The summed E-state index contributed by atoms with van der Waals surface area (Å²) in [5.74, 6) is 0.197. The summed E-state index contributed by atoms with van der Waals surface area (Å²) in [7, 11) is 0. The van der Waals surface area contributed by atoms with Crippen molar-refractivity contribution in [2.45, 2.75) is 33.1 Å². The first-order valence-electron chi connectivity index (χ1n) is 7.08. The maximum atomic E-state index is 11.5. The second kappa shape index (κ2) is 6.20. The Morgan fingerprint density at radius 3 is 2.47 bits per heavy atom. The number of ketones is 1. The largest absolute Gasteiger partial charge is 0.384 e. The topological polar surface area (TPSA) is 38.3 Å². The Bertz CT molecular complexity index is 419. The highest BCUT2D eigenvalue weighted by Crippen LogP contribution is 2.29. The lowest BCUT2D eigenvalue weighted by Gasteiger charge is -2.33. The Labute approximate surface area is 115 Å². The van der Waals surface area contributed by atoms with Crippen LogP contribution in [0.15, 0.2) is 24.3 Å². The van der Waals surface area contributed by atoms with Gasteiger partial charge in [-0.15, -0.1) is 0 Å². The lowest BCUT2D eigenvalue weighted by molar-refractivity contribution is 0.0300. The molecule has 0 aliphatic carbocycles. The quantitative estimate of drug-likeness (QED) is 0.824. The van der Waals surface area contributed by atoms with Crippen LogP contribution in [0.5, 0.6) is 0 Å². The first-order chi connectivity index (χ1) is 9.13. The molecule has 1 aromatic rings. The van der Waals surface area contributed by atoms with Crippen molar-refractivity contribution in [2.75, 3.05) is 25.1 Å². The molecule has 0 aromatic heterocycles. The van der Waals surface area contributed by atoms with E-state index in [1.165, 1.54) is 0 Å². The summed E-state index contributed by atoms with van der Waals surface area (Å²) in [6.45, 7) is 6.87. The molecule has 1 heterocycles. The van der Waals surface area contributed by atoms with Crippen molar-refractivity contribution in [3.63, 3.8) is 0 Å². The molecule has 0 spiro atoms. The Morgan fingerprint density at radius 2 is 1.89 bits per heavy atom. The van der Waals surface area contributed by atoms with Crippen LogP contribution in [0, 0.1) is 5.41 Å². The van der Waals surface area contributed by atoms with Gasteiger partial charge in [-0.25, -0.2) is 0 Å². The van der Waals surface area contributed by atoms with E-state index in [9.17, 15) is 4.79 Å². The van der Waals surface area contributed by atoms with E-state index in [-0.39, 0.29) is 5.78 Å². The van der Waals surface area contributed by atoms with Gasteiger partial charge in [0.1, 0.15) is 0 Å². The average Bonchev–Trinajstić information content (AvgIpc) is 2.46. The van der Waals surface area contributed by atoms with Crippen molar-refractivity contribution in [1.29, 1.82) is 0 Å². The molecule has 0 amide bonds. The Hall–Kier alpha value is -1.35. The van der Waals surface area contributed by atoms with Crippen molar-refractivity contribution in [3.8, 4) is 0 Å². The van der Waals surface area contributed by atoms with Gasteiger partial charge in [0.2, 0.25) is 0 Å². The van der Waals surface area contributed by atoms with Crippen LogP contribution in [0.2, 0.25) is 0 Å². The van der Waals surface area contributed by atoms with Crippen LogP contribution in [0.1, 0.15) is 43.5 Å². The maximum Gasteiger partial charge on any atom is 0.162 e. The minimum absolute atomic E-state index is 0.197. The van der Waals surface area contributed by atoms with Crippen LogP contribution >= 0.6 is 0 Å². The predicted molar refractivity (Wildman–Crippen MR) is 77.7 cm³/mol. The van der Waals surface area contributed by atoms with Crippen LogP contribution < -0.4 is 5.32 Å². The molecule has 19 heavy (non-hydrogen) atoms. The van der Waals surface area contributed by atoms with Gasteiger partial charge < -0.3 is 10.1 Å².